The minimum atomic E-state index is -3.67. The Balaban J connectivity index is 0.00000186. The minimum Gasteiger partial charge on any atom is -0.508 e. The molecule has 3 aliphatic heterocycles. The molecule has 0 aliphatic carbocycles. The number of hydrogen-bond acceptors (Lipinski definition) is 22. The third kappa shape index (κ3) is 48.6. The SMILES string of the molecule is C.C.CCOCC.CC[SiH](CC)CC.C[Si](C)(C)OC[C@H]1OC(=O)[C@H](O[Si](C)(C)C)[C@@H](O[Si](C)(C)C)[C@@H]1O[Si](C)(C)C.FB(F)F.[2H]C([2H])([2H])Oc1ccc(C([2H])([2H])c2cc(Br)ccc2Cl)cc1.[2H]C([2H])([2H])Oc1ccc(C([2H])([2H])c2cc(C3(OC)O[C@H](CO)[C@@H](O)[C@H](O)[C@H]3O)ccc2Cl)cc1.[2H]C([2H])([2H])Oc1ccc(C([2H])([2H])c2cc([C@@H]3O[C@H](CO)[C@@H](O)[C@H](O)[C@H]3O)ccc2Cl)cc1.[2H]C([2H])(c1ccc(O)cc1)c1cc(Br)ccc1Cl.[CH2-]CCC.[Li+]. The van der Waals surface area contributed by atoms with Gasteiger partial charge in [0.05, 0.1) is 53.3 Å². The largest absolute Gasteiger partial charge is 1.00 e. The molecule has 8 aromatic rings. The van der Waals surface area contributed by atoms with E-state index in [9.17, 15) is 63.7 Å². The number of carbonyl (C=O) groups is 1. The number of benzene rings is 8. The van der Waals surface area contributed by atoms with Crippen molar-refractivity contribution < 1.29 is 161 Å². The minimum absolute atomic E-state index is 0. The van der Waals surface area contributed by atoms with Gasteiger partial charge in [-0.05, 0) is 271 Å². The van der Waals surface area contributed by atoms with E-state index in [4.69, 9.17) is 125 Å². The van der Waals surface area contributed by atoms with E-state index in [1.165, 1.54) is 153 Å². The number of methoxy groups -OCH3 is 4. The van der Waals surface area contributed by atoms with Crippen LogP contribution in [0.15, 0.2) is 179 Å². The van der Waals surface area contributed by atoms with Crippen LogP contribution >= 0.6 is 78.3 Å². The van der Waals surface area contributed by atoms with E-state index in [1.54, 1.807) is 48.5 Å². The second-order valence-electron chi connectivity index (χ2n) is 34.9. The molecule has 14 atom stereocenters. The van der Waals surface area contributed by atoms with E-state index >= 15 is 0 Å². The molecule has 3 fully saturated rings. The Morgan fingerprint density at radius 2 is 0.864 bits per heavy atom. The Morgan fingerprint density at radius 3 is 1.21 bits per heavy atom. The molecule has 8 aromatic carbocycles. The van der Waals surface area contributed by atoms with Gasteiger partial charge in [-0.15, -0.1) is 0 Å². The molecule has 0 amide bonds. The maximum absolute atomic E-state index is 12.9. The van der Waals surface area contributed by atoms with Crippen LogP contribution in [0.25, 0.3) is 0 Å². The van der Waals surface area contributed by atoms with Crippen molar-refractivity contribution in [3.8, 4) is 23.0 Å². The third-order valence-electron chi connectivity index (χ3n) is 19.7. The number of carbonyl (C=O) groups excluding carboxylic acids is 1. The standard InChI is InChI=1S/C21H25ClO7.C20H23ClO6.C18H42O6Si4.C14H12BrClO.C13H10BrClO.C6H16Si.C4H10O.C4H9.2CH4.BF3.Li/c1-27-15-6-3-12(4-7-15)9-13-10-14(5-8-16(13)22)21(28-2)20(26)19(25)18(24)17(11-23)29-21;1-26-14-5-2-11(3-6-14)8-13-9-12(4-7-15(13)21)20-19(25)18(24)17(23)16(10-22)27-20;1-25(2,3)20-13-14-15(22-26(4,5)6)16(23-27(7,8)9)17(18(19)21-14)24-28(10,11)12;1-17-13-5-2-10(3-6-13)8-11-9-12(15)4-7-14(11)16;14-11-3-6-13(15)10(8-11)7-9-1-4-12(16)5-2-9;1-4-7(5-2)6-3;1-3-5-4-2;1-3-4-2;;;2-1(3)4;/h3-8,10,17-20,23-26H,9,11H2,1-2H3;2-7,9,16-20,22-25H,8,10H2,1H3;14-17H,13H2,1-12H3;2-7,9H,8H2,1H3;1-6,8,16H,7H2;7H,4-6H2,1-3H3;3-4H2,1-2H3;1,3-4H2,2H3;2*1H4;;/q;;;;;;;-1;;;;+1/t17-,18-,19+,20-,21?;16-,17-,18+,19-,20+;14-,15-,16+,17-;;;;;;;;;/m111........./s1/i1D3,9D2;1D3,8D2;;1D3,8D2;7D2;;;;;;;. The Bertz CT molecular complexity index is 5500. The first-order chi connectivity index (χ1) is 70.8. The Morgan fingerprint density at radius 1 is 0.500 bits per heavy atom. The normalized spacial score (nSPS) is 23.2. The summed E-state index contributed by atoms with van der Waals surface area (Å²) in [5.41, 5.74) is 2.18. The average Bonchev–Trinajstić information content (AvgIpc) is 0.734. The van der Waals surface area contributed by atoms with Crippen molar-refractivity contribution in [3.05, 3.63) is 261 Å². The summed E-state index contributed by atoms with van der Waals surface area (Å²) < 4.78 is 229. The smallest absolute Gasteiger partial charge is 0.508 e. The summed E-state index contributed by atoms with van der Waals surface area (Å²) in [6.07, 6.45) is -20.9. The predicted octanol–water partition coefficient (Wildman–Crippen LogP) is 20.3. The van der Waals surface area contributed by atoms with Crippen LogP contribution in [-0.4, -0.2) is 236 Å². The first-order valence-electron chi connectivity index (χ1n) is 52.9. The number of halogens is 9. The molecule has 140 heavy (non-hydrogen) atoms. The molecule has 9 N–H and O–H groups in total. The Kier molecular flexibility index (Phi) is 52.0. The fraction of sp³-hybridized carbons (Fsp3) is 0.510. The molecule has 0 aromatic heterocycles. The summed E-state index contributed by atoms with van der Waals surface area (Å²) in [7, 11) is -18.1. The molecule has 22 nitrogen and oxygen atoms in total. The number of hydrogen-bond donors (Lipinski definition) is 9. The monoisotopic (exact) mass is 2260 g/mol. The van der Waals surface area contributed by atoms with Crippen LogP contribution in [0.1, 0.15) is 154 Å². The zero-order valence-electron chi connectivity index (χ0n) is 98.8. The van der Waals surface area contributed by atoms with Crippen molar-refractivity contribution >= 4 is 134 Å². The number of phenolic OH excluding ortho intramolecular Hbond substituents is 1. The van der Waals surface area contributed by atoms with Crippen molar-refractivity contribution in [1.29, 1.82) is 0 Å². The van der Waals surface area contributed by atoms with E-state index in [-0.39, 0.29) is 121 Å². The van der Waals surface area contributed by atoms with Crippen LogP contribution in [0.4, 0.5) is 12.9 Å². The van der Waals surface area contributed by atoms with Gasteiger partial charge in [0.2, 0.25) is 5.79 Å². The molecule has 0 saturated carbocycles. The van der Waals surface area contributed by atoms with Gasteiger partial charge >= 0.3 is 32.4 Å². The number of cyclic esters (lactones) is 1. The molecule has 1 unspecified atom stereocenters. The van der Waals surface area contributed by atoms with Crippen LogP contribution in [0.2, 0.25) is 117 Å². The van der Waals surface area contributed by atoms with Crippen LogP contribution < -0.4 is 33.1 Å². The van der Waals surface area contributed by atoms with Crippen molar-refractivity contribution in [3.63, 3.8) is 0 Å². The molecule has 3 heterocycles. The van der Waals surface area contributed by atoms with Crippen LogP contribution in [-0.2, 0) is 77.5 Å². The summed E-state index contributed by atoms with van der Waals surface area (Å²) in [6, 6.07) is 45.4. The van der Waals surface area contributed by atoms with E-state index < -0.39 is 180 Å². The van der Waals surface area contributed by atoms with Gasteiger partial charge in [-0.1, -0.05) is 212 Å². The second kappa shape index (κ2) is 68.1. The molecular formula is C102H155BBr2Cl4F3LiO22Si5. The van der Waals surface area contributed by atoms with E-state index in [0.29, 0.717) is 38.9 Å². The van der Waals surface area contributed by atoms with Crippen LogP contribution in [0.5, 0.6) is 23.0 Å². The number of phenols is 1. The second-order valence-corrected chi connectivity index (χ2v) is 60.4. The summed E-state index contributed by atoms with van der Waals surface area (Å²) in [5, 5.41) is 90.5. The van der Waals surface area contributed by atoms with Gasteiger partial charge in [-0.3, -0.25) is 12.9 Å². The molecule has 38 heteroatoms. The first-order valence-corrected chi connectivity index (χ1v) is 63.5. The van der Waals surface area contributed by atoms with E-state index in [0.717, 1.165) is 28.6 Å². The maximum Gasteiger partial charge on any atom is 1.00 e. The molecule has 782 valence electrons. The van der Waals surface area contributed by atoms with Crippen molar-refractivity contribution in [2.75, 3.05) is 61.3 Å². The molecule has 3 saturated heterocycles. The number of aromatic hydroxyl groups is 1. The van der Waals surface area contributed by atoms with Crippen molar-refractivity contribution in [2.45, 2.75) is 277 Å². The van der Waals surface area contributed by atoms with Crippen molar-refractivity contribution in [1.82, 2.24) is 0 Å². The maximum atomic E-state index is 12.9. The van der Waals surface area contributed by atoms with E-state index in [2.05, 4.69) is 145 Å². The van der Waals surface area contributed by atoms with Crippen LogP contribution in [0, 0.1) is 6.92 Å². The fourth-order valence-electron chi connectivity index (χ4n) is 12.8. The first kappa shape index (κ1) is 107. The number of aliphatic hydroxyl groups is 8. The molecular weight excluding hydrogens is 2090 g/mol. The van der Waals surface area contributed by atoms with Gasteiger partial charge < -0.3 is 108 Å². The van der Waals surface area contributed by atoms with Gasteiger partial charge in [-0.25, -0.2) is 4.79 Å². The van der Waals surface area contributed by atoms with Crippen LogP contribution in [0.3, 0.4) is 0 Å². The Hall–Kier alpha value is -4.55. The van der Waals surface area contributed by atoms with Gasteiger partial charge in [0.15, 0.2) is 45.5 Å². The number of esters is 1. The Labute approximate surface area is 911 Å². The molecule has 0 spiro atoms. The molecule has 0 bridgehead atoms. The molecule has 0 radical (unpaired) electrons. The zero-order valence-corrected chi connectivity index (χ0v) is 93.2. The number of ether oxygens (including phenoxy) is 8. The predicted molar refractivity (Wildman–Crippen MR) is 578 cm³/mol. The van der Waals surface area contributed by atoms with Gasteiger partial charge in [0.1, 0.15) is 90.1 Å². The zero-order chi connectivity index (χ0) is 118. The topological polar surface area (TPSA) is 310 Å². The fourth-order valence-corrected chi connectivity index (χ4v) is 19.7. The summed E-state index contributed by atoms with van der Waals surface area (Å²) >= 11 is 31.3. The summed E-state index contributed by atoms with van der Waals surface area (Å²) in [5.74, 6) is -2.07. The van der Waals surface area contributed by atoms with Gasteiger partial charge in [0.25, 0.3) is 0 Å². The number of rotatable bonds is 31. The quantitative estimate of drug-likeness (QED) is 0.0111. The third-order valence-corrected chi connectivity index (χ3v) is 29.4. The van der Waals surface area contributed by atoms with Gasteiger partial charge in [-0.2, -0.15) is 6.42 Å². The van der Waals surface area contributed by atoms with E-state index in [1.807, 2.05) is 13.8 Å². The van der Waals surface area contributed by atoms with Crippen molar-refractivity contribution in [2.24, 2.45) is 0 Å². The summed E-state index contributed by atoms with van der Waals surface area (Å²) in [6.45, 7) is 42.8. The number of aliphatic hydroxyl groups excluding tert-OH is 8. The molecule has 3 aliphatic rings. The summed E-state index contributed by atoms with van der Waals surface area (Å²) in [4.78, 5) is 12.9. The van der Waals surface area contributed by atoms with Gasteiger partial charge in [0, 0.05) is 74.7 Å². The average molecular weight is 2270 g/mol. The number of unbranched alkanes of at least 4 members (excludes halogenated alkanes) is 1. The molecule has 11 rings (SSSR count).